The molecule has 5 nitrogen and oxygen atoms in total. The van der Waals surface area contributed by atoms with Gasteiger partial charge in [-0.05, 0) is 39.0 Å². The summed E-state index contributed by atoms with van der Waals surface area (Å²) in [5.41, 5.74) is 1.66. The fraction of sp³-hybridized carbons (Fsp3) is 0.235. The Morgan fingerprint density at radius 2 is 2.00 bits per heavy atom. The lowest BCUT2D eigenvalue weighted by Gasteiger charge is -2.12. The van der Waals surface area contributed by atoms with Gasteiger partial charge in [-0.25, -0.2) is 4.98 Å². The molecule has 6 heteroatoms. The molecule has 0 saturated carbocycles. The van der Waals surface area contributed by atoms with Crippen LogP contribution in [0.2, 0.25) is 0 Å². The van der Waals surface area contributed by atoms with E-state index in [0.717, 1.165) is 10.7 Å². The minimum Gasteiger partial charge on any atom is -0.350 e. The third-order valence-corrected chi connectivity index (χ3v) is 3.68. The second-order valence-electron chi connectivity index (χ2n) is 5.29. The average molecular weight is 329 g/mol. The van der Waals surface area contributed by atoms with Crippen LogP contribution in [0, 0.1) is 6.92 Å². The highest BCUT2D eigenvalue weighted by Crippen LogP contribution is 2.15. The number of amides is 2. The lowest BCUT2D eigenvalue weighted by atomic mass is 10.1. The van der Waals surface area contributed by atoms with Crippen molar-refractivity contribution < 1.29 is 9.59 Å². The number of para-hydroxylation sites is 1. The highest BCUT2D eigenvalue weighted by atomic mass is 32.1. The number of nitrogens with one attached hydrogen (secondary N) is 2. The van der Waals surface area contributed by atoms with Crippen molar-refractivity contribution in [2.45, 2.75) is 26.8 Å². The van der Waals surface area contributed by atoms with Crippen LogP contribution in [0.5, 0.6) is 0 Å². The van der Waals surface area contributed by atoms with Crippen LogP contribution in [-0.2, 0) is 4.79 Å². The van der Waals surface area contributed by atoms with Gasteiger partial charge in [0.05, 0.1) is 22.0 Å². The summed E-state index contributed by atoms with van der Waals surface area (Å²) in [6.07, 6.45) is 3.06. The molecule has 0 unspecified atom stereocenters. The highest BCUT2D eigenvalue weighted by Gasteiger charge is 2.12. The van der Waals surface area contributed by atoms with Gasteiger partial charge < -0.3 is 10.6 Å². The van der Waals surface area contributed by atoms with E-state index in [4.69, 9.17) is 0 Å². The molecule has 0 radical (unpaired) electrons. The molecule has 0 fully saturated rings. The van der Waals surface area contributed by atoms with Crippen molar-refractivity contribution in [3.8, 4) is 0 Å². The lowest BCUT2D eigenvalue weighted by molar-refractivity contribution is -0.111. The first kappa shape index (κ1) is 16.9. The van der Waals surface area contributed by atoms with Crippen LogP contribution >= 0.6 is 11.3 Å². The maximum absolute atomic E-state index is 12.2. The van der Waals surface area contributed by atoms with Gasteiger partial charge in [0.15, 0.2) is 0 Å². The van der Waals surface area contributed by atoms with Crippen LogP contribution in [0.3, 0.4) is 0 Å². The van der Waals surface area contributed by atoms with Crippen molar-refractivity contribution in [1.29, 1.82) is 0 Å². The predicted octanol–water partition coefficient (Wildman–Crippen LogP) is 3.24. The van der Waals surface area contributed by atoms with Gasteiger partial charge in [-0.1, -0.05) is 12.1 Å². The molecule has 2 N–H and O–H groups in total. The quantitative estimate of drug-likeness (QED) is 0.827. The van der Waals surface area contributed by atoms with E-state index in [0.29, 0.717) is 11.3 Å². The molecule has 0 saturated heterocycles. The molecule has 1 aromatic carbocycles. The Bertz CT molecular complexity index is 735. The predicted molar refractivity (Wildman–Crippen MR) is 93.6 cm³/mol. The van der Waals surface area contributed by atoms with Gasteiger partial charge in [0.2, 0.25) is 5.91 Å². The summed E-state index contributed by atoms with van der Waals surface area (Å²) in [5, 5.41) is 8.37. The third kappa shape index (κ3) is 5.03. The summed E-state index contributed by atoms with van der Waals surface area (Å²) >= 11 is 1.53. The van der Waals surface area contributed by atoms with Crippen LogP contribution in [0.25, 0.3) is 6.08 Å². The van der Waals surface area contributed by atoms with E-state index in [1.165, 1.54) is 17.4 Å². The van der Waals surface area contributed by atoms with E-state index >= 15 is 0 Å². The van der Waals surface area contributed by atoms with Gasteiger partial charge in [-0.15, -0.1) is 11.3 Å². The van der Waals surface area contributed by atoms with Crippen molar-refractivity contribution in [2.24, 2.45) is 0 Å². The molecular formula is C17H19N3O2S. The van der Waals surface area contributed by atoms with Gasteiger partial charge in [-0.3, -0.25) is 9.59 Å². The van der Waals surface area contributed by atoms with E-state index in [1.54, 1.807) is 30.3 Å². The number of rotatable bonds is 5. The number of aromatic nitrogens is 1. The first-order chi connectivity index (χ1) is 11.0. The Kier molecular flexibility index (Phi) is 5.65. The molecule has 0 aliphatic heterocycles. The number of anilines is 1. The number of carbonyl (C=O) groups is 2. The Balaban J connectivity index is 2.09. The number of hydrogen-bond donors (Lipinski definition) is 2. The van der Waals surface area contributed by atoms with Gasteiger partial charge in [0.1, 0.15) is 0 Å². The minimum atomic E-state index is -0.305. The topological polar surface area (TPSA) is 71.1 Å². The summed E-state index contributed by atoms with van der Waals surface area (Å²) in [6.45, 7) is 5.68. The van der Waals surface area contributed by atoms with Crippen LogP contribution in [-0.4, -0.2) is 22.8 Å². The fourth-order valence-electron chi connectivity index (χ4n) is 1.92. The number of benzene rings is 1. The van der Waals surface area contributed by atoms with E-state index in [-0.39, 0.29) is 17.9 Å². The van der Waals surface area contributed by atoms with Crippen molar-refractivity contribution in [1.82, 2.24) is 10.3 Å². The van der Waals surface area contributed by atoms with Gasteiger partial charge in [0, 0.05) is 17.5 Å². The van der Waals surface area contributed by atoms with E-state index in [2.05, 4.69) is 15.6 Å². The third-order valence-electron chi connectivity index (χ3n) is 2.89. The zero-order chi connectivity index (χ0) is 16.8. The SMILES string of the molecule is Cc1nc(C=CC(=O)Nc2ccccc2C(=O)NC(C)C)cs1. The van der Waals surface area contributed by atoms with E-state index < -0.39 is 0 Å². The highest BCUT2D eigenvalue weighted by molar-refractivity contribution is 7.09. The number of hydrogen-bond acceptors (Lipinski definition) is 4. The maximum atomic E-state index is 12.2. The molecule has 23 heavy (non-hydrogen) atoms. The van der Waals surface area contributed by atoms with Crippen molar-refractivity contribution >= 4 is 34.9 Å². The Hall–Kier alpha value is -2.47. The fourth-order valence-corrected chi connectivity index (χ4v) is 2.50. The Morgan fingerprint density at radius 1 is 1.26 bits per heavy atom. The van der Waals surface area contributed by atoms with E-state index in [1.807, 2.05) is 26.2 Å². The average Bonchev–Trinajstić information content (AvgIpc) is 2.90. The van der Waals surface area contributed by atoms with Gasteiger partial charge in [0.25, 0.3) is 5.91 Å². The second-order valence-corrected chi connectivity index (χ2v) is 6.35. The molecule has 0 bridgehead atoms. The van der Waals surface area contributed by atoms with Crippen molar-refractivity contribution in [2.75, 3.05) is 5.32 Å². The molecule has 2 amide bonds. The minimum absolute atomic E-state index is 0.0269. The maximum Gasteiger partial charge on any atom is 0.253 e. The first-order valence-electron chi connectivity index (χ1n) is 7.27. The molecule has 1 heterocycles. The standard InChI is InChI=1S/C17H19N3O2S/c1-11(2)18-17(22)14-6-4-5-7-15(14)20-16(21)9-8-13-10-23-12(3)19-13/h4-11H,1-3H3,(H,18,22)(H,20,21). The summed E-state index contributed by atoms with van der Waals surface area (Å²) < 4.78 is 0. The van der Waals surface area contributed by atoms with E-state index in [9.17, 15) is 9.59 Å². The first-order valence-corrected chi connectivity index (χ1v) is 8.15. The monoisotopic (exact) mass is 329 g/mol. The number of nitrogens with zero attached hydrogens (tertiary/aromatic N) is 1. The van der Waals surface area contributed by atoms with Crippen molar-refractivity contribution in [3.05, 3.63) is 52.0 Å². The summed E-state index contributed by atoms with van der Waals surface area (Å²) in [7, 11) is 0. The molecule has 2 rings (SSSR count). The van der Waals surface area contributed by atoms with Crippen LogP contribution in [0.1, 0.15) is 34.9 Å². The molecule has 1 aromatic heterocycles. The molecule has 120 valence electrons. The number of carbonyl (C=O) groups excluding carboxylic acids is 2. The lowest BCUT2D eigenvalue weighted by Crippen LogP contribution is -2.30. The van der Waals surface area contributed by atoms with Crippen molar-refractivity contribution in [3.63, 3.8) is 0 Å². The molecule has 2 aromatic rings. The molecule has 0 aliphatic rings. The largest absolute Gasteiger partial charge is 0.350 e. The molecule has 0 spiro atoms. The summed E-state index contributed by atoms with van der Waals surface area (Å²) in [6, 6.07) is 6.95. The smallest absolute Gasteiger partial charge is 0.253 e. The number of aryl methyl sites for hydroxylation is 1. The van der Waals surface area contributed by atoms with Crippen LogP contribution in [0.15, 0.2) is 35.7 Å². The zero-order valence-electron chi connectivity index (χ0n) is 13.3. The summed E-state index contributed by atoms with van der Waals surface area (Å²) in [4.78, 5) is 28.4. The zero-order valence-corrected chi connectivity index (χ0v) is 14.1. The Morgan fingerprint density at radius 3 is 2.65 bits per heavy atom. The van der Waals surface area contributed by atoms with Crippen LogP contribution in [0.4, 0.5) is 5.69 Å². The van der Waals surface area contributed by atoms with Gasteiger partial charge in [-0.2, -0.15) is 0 Å². The van der Waals surface area contributed by atoms with Gasteiger partial charge >= 0.3 is 0 Å². The summed E-state index contributed by atoms with van der Waals surface area (Å²) in [5.74, 6) is -0.518. The van der Waals surface area contributed by atoms with Crippen LogP contribution < -0.4 is 10.6 Å². The Labute approximate surface area is 139 Å². The second kappa shape index (κ2) is 7.69. The number of thiazole rings is 1. The normalized spacial score (nSPS) is 11.0. The molecule has 0 aliphatic carbocycles. The molecule has 0 atom stereocenters. The molecular weight excluding hydrogens is 310 g/mol.